The van der Waals surface area contributed by atoms with Crippen LogP contribution >= 0.6 is 11.6 Å². The zero-order valence-electron chi connectivity index (χ0n) is 14.1. The molecule has 1 aliphatic rings. The number of ether oxygens (including phenoxy) is 1. The highest BCUT2D eigenvalue weighted by Crippen LogP contribution is 2.33. The average Bonchev–Trinajstić information content (AvgIpc) is 2.62. The Kier molecular flexibility index (Phi) is 6.64. The summed E-state index contributed by atoms with van der Waals surface area (Å²) in [5, 5.41) is 8.23. The molecule has 0 aliphatic carbocycles. The van der Waals surface area contributed by atoms with E-state index in [4.69, 9.17) is 16.3 Å². The molecule has 3 N–H and O–H groups in total. The van der Waals surface area contributed by atoms with Gasteiger partial charge in [-0.05, 0) is 25.3 Å². The predicted octanol–water partition coefficient (Wildman–Crippen LogP) is 2.45. The largest absolute Gasteiger partial charge is 0.492 e. The van der Waals surface area contributed by atoms with Gasteiger partial charge in [0.25, 0.3) is 5.91 Å². The van der Waals surface area contributed by atoms with E-state index in [9.17, 15) is 14.0 Å². The van der Waals surface area contributed by atoms with Crippen molar-refractivity contribution in [2.24, 2.45) is 5.92 Å². The number of hydrogen-bond donors (Lipinski definition) is 3. The SMILES string of the molecule is CCOc1cc(F)c(/C2=C(\Cl)NCCC(C)CNC2=O)cc1NC=O. The second kappa shape index (κ2) is 8.71. The van der Waals surface area contributed by atoms with E-state index in [1.165, 1.54) is 6.07 Å². The molecule has 0 radical (unpaired) electrons. The minimum atomic E-state index is -0.669. The molecule has 8 heteroatoms. The quantitative estimate of drug-likeness (QED) is 0.550. The predicted molar refractivity (Wildman–Crippen MR) is 94.8 cm³/mol. The number of anilines is 1. The molecule has 0 saturated heterocycles. The normalized spacial score (nSPS) is 21.3. The monoisotopic (exact) mass is 369 g/mol. The second-order valence-electron chi connectivity index (χ2n) is 5.74. The van der Waals surface area contributed by atoms with Crippen molar-refractivity contribution in [3.63, 3.8) is 0 Å². The van der Waals surface area contributed by atoms with E-state index >= 15 is 0 Å². The molecule has 0 saturated carbocycles. The summed E-state index contributed by atoms with van der Waals surface area (Å²) < 4.78 is 20.0. The molecule has 25 heavy (non-hydrogen) atoms. The highest BCUT2D eigenvalue weighted by molar-refractivity contribution is 6.39. The van der Waals surface area contributed by atoms with Gasteiger partial charge in [0.2, 0.25) is 6.41 Å². The molecule has 2 amide bonds. The fourth-order valence-corrected chi connectivity index (χ4v) is 2.79. The van der Waals surface area contributed by atoms with Crippen molar-refractivity contribution >= 4 is 35.2 Å². The summed E-state index contributed by atoms with van der Waals surface area (Å²) >= 11 is 6.23. The van der Waals surface area contributed by atoms with Gasteiger partial charge >= 0.3 is 0 Å². The Morgan fingerprint density at radius 2 is 2.20 bits per heavy atom. The Hall–Kier alpha value is -2.28. The first-order valence-corrected chi connectivity index (χ1v) is 8.44. The lowest BCUT2D eigenvalue weighted by molar-refractivity contribution is -0.115. The van der Waals surface area contributed by atoms with Crippen molar-refractivity contribution in [2.45, 2.75) is 20.3 Å². The maximum Gasteiger partial charge on any atom is 0.255 e. The molecular formula is C17H21ClFN3O3. The van der Waals surface area contributed by atoms with Gasteiger partial charge in [-0.1, -0.05) is 18.5 Å². The molecule has 1 heterocycles. The Balaban J connectivity index is 2.52. The molecule has 1 aromatic carbocycles. The maximum atomic E-state index is 14.6. The fraction of sp³-hybridized carbons (Fsp3) is 0.412. The van der Waals surface area contributed by atoms with Gasteiger partial charge in [-0.15, -0.1) is 0 Å². The summed E-state index contributed by atoms with van der Waals surface area (Å²) in [4.78, 5) is 23.4. The Morgan fingerprint density at radius 1 is 1.44 bits per heavy atom. The summed E-state index contributed by atoms with van der Waals surface area (Å²) in [5.74, 6) is -0.709. The van der Waals surface area contributed by atoms with Gasteiger partial charge in [-0.3, -0.25) is 9.59 Å². The molecule has 0 bridgehead atoms. The molecule has 2 rings (SSSR count). The zero-order valence-corrected chi connectivity index (χ0v) is 14.9. The van der Waals surface area contributed by atoms with Crippen LogP contribution in [0.3, 0.4) is 0 Å². The first kappa shape index (κ1) is 19.1. The minimum absolute atomic E-state index is 0.00901. The molecule has 6 nitrogen and oxygen atoms in total. The van der Waals surface area contributed by atoms with E-state index in [0.29, 0.717) is 26.1 Å². The van der Waals surface area contributed by atoms with Crippen LogP contribution in [0.1, 0.15) is 25.8 Å². The van der Waals surface area contributed by atoms with Crippen LogP contribution in [0.4, 0.5) is 10.1 Å². The number of carbonyl (C=O) groups excluding carboxylic acids is 2. The van der Waals surface area contributed by atoms with Crippen molar-refractivity contribution < 1.29 is 18.7 Å². The first-order chi connectivity index (χ1) is 12.0. The van der Waals surface area contributed by atoms with Crippen molar-refractivity contribution in [1.29, 1.82) is 0 Å². The summed E-state index contributed by atoms with van der Waals surface area (Å²) in [6.07, 6.45) is 1.27. The number of amides is 2. The van der Waals surface area contributed by atoms with Crippen LogP contribution < -0.4 is 20.7 Å². The third-order valence-corrected chi connectivity index (χ3v) is 4.15. The summed E-state index contributed by atoms with van der Waals surface area (Å²) in [6, 6.07) is 2.47. The molecule has 1 aliphatic heterocycles. The smallest absolute Gasteiger partial charge is 0.255 e. The van der Waals surface area contributed by atoms with Crippen LogP contribution in [0.5, 0.6) is 5.75 Å². The van der Waals surface area contributed by atoms with Gasteiger partial charge < -0.3 is 20.7 Å². The van der Waals surface area contributed by atoms with E-state index in [-0.39, 0.29) is 33.6 Å². The lowest BCUT2D eigenvalue weighted by Crippen LogP contribution is -2.29. The molecule has 0 spiro atoms. The Morgan fingerprint density at radius 3 is 2.88 bits per heavy atom. The number of carbonyl (C=O) groups is 2. The van der Waals surface area contributed by atoms with Gasteiger partial charge in [0.15, 0.2) is 0 Å². The lowest BCUT2D eigenvalue weighted by Gasteiger charge is -2.16. The molecule has 0 aromatic heterocycles. The van der Waals surface area contributed by atoms with Crippen LogP contribution in [0.15, 0.2) is 17.3 Å². The maximum absolute atomic E-state index is 14.6. The lowest BCUT2D eigenvalue weighted by atomic mass is 10.0. The fourth-order valence-electron chi connectivity index (χ4n) is 2.51. The molecule has 1 unspecified atom stereocenters. The number of hydrogen-bond acceptors (Lipinski definition) is 4. The van der Waals surface area contributed by atoms with Crippen molar-refractivity contribution in [3.8, 4) is 5.75 Å². The number of nitrogens with one attached hydrogen (secondary N) is 3. The van der Waals surface area contributed by atoms with Crippen LogP contribution in [0.25, 0.3) is 5.57 Å². The average molecular weight is 370 g/mol. The number of halogens is 2. The molecule has 0 fully saturated rings. The van der Waals surface area contributed by atoms with E-state index in [1.54, 1.807) is 6.92 Å². The minimum Gasteiger partial charge on any atom is -0.492 e. The first-order valence-electron chi connectivity index (χ1n) is 8.06. The third-order valence-electron chi connectivity index (χ3n) is 3.83. The molecule has 1 atom stereocenters. The van der Waals surface area contributed by atoms with E-state index in [2.05, 4.69) is 16.0 Å². The van der Waals surface area contributed by atoms with E-state index in [0.717, 1.165) is 12.5 Å². The van der Waals surface area contributed by atoms with E-state index in [1.807, 2.05) is 6.92 Å². The van der Waals surface area contributed by atoms with Gasteiger partial charge in [0.1, 0.15) is 16.7 Å². The van der Waals surface area contributed by atoms with Gasteiger partial charge in [0.05, 0.1) is 17.9 Å². The highest BCUT2D eigenvalue weighted by atomic mass is 35.5. The molecular weight excluding hydrogens is 349 g/mol. The van der Waals surface area contributed by atoms with Crippen LogP contribution in [-0.4, -0.2) is 32.0 Å². The standard InChI is InChI=1S/C17H21ClFN3O3/c1-3-25-14-7-12(19)11(6-13(14)22-9-23)15-16(18)20-5-4-10(2)8-21-17(15)24/h6-7,9-10,20H,3-5,8H2,1-2H3,(H,21,24)(H,22,23)/b16-15-. The Labute approximate surface area is 150 Å². The van der Waals surface area contributed by atoms with Crippen molar-refractivity contribution in [1.82, 2.24) is 10.6 Å². The number of rotatable bonds is 5. The zero-order chi connectivity index (χ0) is 18.4. The summed E-state index contributed by atoms with van der Waals surface area (Å²) in [7, 11) is 0. The van der Waals surface area contributed by atoms with Crippen LogP contribution in [0.2, 0.25) is 0 Å². The van der Waals surface area contributed by atoms with Crippen LogP contribution in [0, 0.1) is 11.7 Å². The summed E-state index contributed by atoms with van der Waals surface area (Å²) in [6.45, 7) is 5.08. The van der Waals surface area contributed by atoms with Gasteiger partial charge in [-0.2, -0.15) is 0 Å². The van der Waals surface area contributed by atoms with E-state index < -0.39 is 11.7 Å². The molecule has 1 aromatic rings. The van der Waals surface area contributed by atoms with Gasteiger partial charge in [0, 0.05) is 24.7 Å². The van der Waals surface area contributed by atoms with Crippen LogP contribution in [-0.2, 0) is 9.59 Å². The van der Waals surface area contributed by atoms with Gasteiger partial charge in [-0.25, -0.2) is 4.39 Å². The Bertz CT molecular complexity index is 694. The number of benzene rings is 1. The van der Waals surface area contributed by atoms with Crippen molar-refractivity contribution in [3.05, 3.63) is 28.7 Å². The van der Waals surface area contributed by atoms with Crippen molar-refractivity contribution in [2.75, 3.05) is 25.0 Å². The highest BCUT2D eigenvalue weighted by Gasteiger charge is 2.24. The third kappa shape index (κ3) is 4.63. The second-order valence-corrected chi connectivity index (χ2v) is 6.12. The topological polar surface area (TPSA) is 79.5 Å². The summed E-state index contributed by atoms with van der Waals surface area (Å²) in [5.41, 5.74) is 0.230. The molecule has 136 valence electrons.